The zero-order valence-corrected chi connectivity index (χ0v) is 11.9. The van der Waals surface area contributed by atoms with Gasteiger partial charge in [0.05, 0.1) is 0 Å². The highest BCUT2D eigenvalue weighted by Crippen LogP contribution is 2.23. The maximum absolute atomic E-state index is 5.21. The Kier molecular flexibility index (Phi) is 3.09. The standard InChI is InChI=1S/C11H7NO.C8H7N/c1-2-4-9-8(3-1)5-6-10-11(9)12-7-13-10;1-2-4-8-7(3-1)5-6-9-8/h1-7H;1-6,9H. The van der Waals surface area contributed by atoms with Crippen molar-refractivity contribution in [2.75, 3.05) is 0 Å². The molecule has 0 amide bonds. The SMILES string of the molecule is c1ccc2[nH]ccc2c1.c1ccc2c(c1)ccc1ocnc12. The van der Waals surface area contributed by atoms with Crippen molar-refractivity contribution in [3.8, 4) is 0 Å². The van der Waals surface area contributed by atoms with E-state index in [1.54, 1.807) is 0 Å². The molecule has 0 aliphatic carbocycles. The molecule has 3 nitrogen and oxygen atoms in total. The lowest BCUT2D eigenvalue weighted by Crippen LogP contribution is -1.73. The van der Waals surface area contributed by atoms with Crippen molar-refractivity contribution in [3.05, 3.63) is 79.3 Å². The minimum Gasteiger partial charge on any atom is -0.443 e. The number of hydrogen-bond donors (Lipinski definition) is 1. The summed E-state index contributed by atoms with van der Waals surface area (Å²) in [6, 6.07) is 22.4. The molecule has 3 aromatic carbocycles. The first kappa shape index (κ1) is 12.7. The average molecular weight is 286 g/mol. The van der Waals surface area contributed by atoms with Crippen molar-refractivity contribution in [3.63, 3.8) is 0 Å². The predicted octanol–water partition coefficient (Wildman–Crippen LogP) is 5.15. The Balaban J connectivity index is 0.000000122. The molecule has 0 saturated heterocycles. The molecule has 0 fully saturated rings. The van der Waals surface area contributed by atoms with Gasteiger partial charge in [0.15, 0.2) is 12.0 Å². The lowest BCUT2D eigenvalue weighted by atomic mass is 10.1. The van der Waals surface area contributed by atoms with Gasteiger partial charge < -0.3 is 9.40 Å². The molecule has 0 radical (unpaired) electrons. The van der Waals surface area contributed by atoms with E-state index in [0.29, 0.717) is 0 Å². The van der Waals surface area contributed by atoms with Gasteiger partial charge in [0.1, 0.15) is 5.52 Å². The van der Waals surface area contributed by atoms with Gasteiger partial charge in [-0.1, -0.05) is 48.5 Å². The third-order valence-corrected chi connectivity index (χ3v) is 3.69. The topological polar surface area (TPSA) is 41.8 Å². The van der Waals surface area contributed by atoms with Crippen LogP contribution in [0.3, 0.4) is 0 Å². The fourth-order valence-corrected chi connectivity index (χ4v) is 2.59. The number of nitrogens with zero attached hydrogens (tertiary/aromatic N) is 1. The zero-order chi connectivity index (χ0) is 14.8. The van der Waals surface area contributed by atoms with Gasteiger partial charge in [-0.3, -0.25) is 0 Å². The maximum atomic E-state index is 5.21. The molecule has 3 heteroatoms. The summed E-state index contributed by atoms with van der Waals surface area (Å²) in [5, 5.41) is 3.62. The lowest BCUT2D eigenvalue weighted by Gasteiger charge is -1.95. The first-order valence-electron chi connectivity index (χ1n) is 7.15. The Morgan fingerprint density at radius 2 is 1.59 bits per heavy atom. The molecule has 0 saturated carbocycles. The number of hydrogen-bond acceptors (Lipinski definition) is 2. The normalized spacial score (nSPS) is 10.7. The molecule has 22 heavy (non-hydrogen) atoms. The molecule has 0 atom stereocenters. The summed E-state index contributed by atoms with van der Waals surface area (Å²) in [6.07, 6.45) is 3.43. The van der Waals surface area contributed by atoms with E-state index in [4.69, 9.17) is 4.42 Å². The summed E-state index contributed by atoms with van der Waals surface area (Å²) in [6.45, 7) is 0. The Labute approximate surface area is 127 Å². The largest absolute Gasteiger partial charge is 0.443 e. The quantitative estimate of drug-likeness (QED) is 0.428. The van der Waals surface area contributed by atoms with Gasteiger partial charge in [-0.15, -0.1) is 0 Å². The zero-order valence-electron chi connectivity index (χ0n) is 11.9. The number of benzene rings is 3. The van der Waals surface area contributed by atoms with Crippen LogP contribution < -0.4 is 0 Å². The highest BCUT2D eigenvalue weighted by Gasteiger charge is 2.01. The summed E-state index contributed by atoms with van der Waals surface area (Å²) >= 11 is 0. The molecule has 2 aromatic heterocycles. The minimum atomic E-state index is 0.846. The van der Waals surface area contributed by atoms with E-state index in [0.717, 1.165) is 16.5 Å². The second-order valence-corrected chi connectivity index (χ2v) is 5.05. The molecule has 106 valence electrons. The third kappa shape index (κ3) is 2.23. The van der Waals surface area contributed by atoms with Crippen LogP contribution >= 0.6 is 0 Å². The minimum absolute atomic E-state index is 0.846. The van der Waals surface area contributed by atoms with Crippen LogP contribution in [0.5, 0.6) is 0 Å². The van der Waals surface area contributed by atoms with Crippen molar-refractivity contribution in [2.24, 2.45) is 0 Å². The van der Waals surface area contributed by atoms with E-state index in [1.165, 1.54) is 22.7 Å². The fourth-order valence-electron chi connectivity index (χ4n) is 2.59. The van der Waals surface area contributed by atoms with Crippen LogP contribution in [0.4, 0.5) is 0 Å². The molecule has 2 heterocycles. The van der Waals surface area contributed by atoms with Gasteiger partial charge in [0.2, 0.25) is 0 Å². The van der Waals surface area contributed by atoms with Crippen LogP contribution in [-0.2, 0) is 0 Å². The Morgan fingerprint density at radius 3 is 2.50 bits per heavy atom. The molecule has 0 aliphatic heterocycles. The molecular weight excluding hydrogens is 272 g/mol. The molecular formula is C19H14N2O. The molecule has 0 unspecified atom stereocenters. The average Bonchev–Trinajstić information content (AvgIpc) is 3.24. The predicted molar refractivity (Wildman–Crippen MR) is 89.8 cm³/mol. The van der Waals surface area contributed by atoms with Crippen molar-refractivity contribution in [1.29, 1.82) is 0 Å². The molecule has 0 aliphatic rings. The molecule has 5 aromatic rings. The van der Waals surface area contributed by atoms with E-state index in [-0.39, 0.29) is 0 Å². The monoisotopic (exact) mass is 286 g/mol. The van der Waals surface area contributed by atoms with Crippen molar-refractivity contribution in [1.82, 2.24) is 9.97 Å². The van der Waals surface area contributed by atoms with Crippen LogP contribution in [0.2, 0.25) is 0 Å². The van der Waals surface area contributed by atoms with E-state index in [9.17, 15) is 0 Å². The number of para-hydroxylation sites is 1. The van der Waals surface area contributed by atoms with E-state index in [2.05, 4.69) is 40.3 Å². The number of oxazole rings is 1. The summed E-state index contributed by atoms with van der Waals surface area (Å²) in [4.78, 5) is 7.30. The summed E-state index contributed by atoms with van der Waals surface area (Å²) in [5.41, 5.74) is 2.99. The van der Waals surface area contributed by atoms with Gasteiger partial charge in [-0.2, -0.15) is 0 Å². The summed E-state index contributed by atoms with van der Waals surface area (Å²) < 4.78 is 5.21. The van der Waals surface area contributed by atoms with Gasteiger partial charge in [0.25, 0.3) is 0 Å². The second kappa shape index (κ2) is 5.37. The van der Waals surface area contributed by atoms with Crippen molar-refractivity contribution >= 4 is 32.8 Å². The third-order valence-electron chi connectivity index (χ3n) is 3.69. The fraction of sp³-hybridized carbons (Fsp3) is 0. The van der Waals surface area contributed by atoms with Gasteiger partial charge in [-0.05, 0) is 29.0 Å². The number of nitrogens with one attached hydrogen (secondary N) is 1. The van der Waals surface area contributed by atoms with Crippen molar-refractivity contribution in [2.45, 2.75) is 0 Å². The lowest BCUT2D eigenvalue weighted by molar-refractivity contribution is 0.602. The maximum Gasteiger partial charge on any atom is 0.182 e. The molecule has 5 rings (SSSR count). The highest BCUT2D eigenvalue weighted by atomic mass is 16.3. The van der Waals surface area contributed by atoms with E-state index >= 15 is 0 Å². The smallest absolute Gasteiger partial charge is 0.182 e. The number of rotatable bonds is 0. The second-order valence-electron chi connectivity index (χ2n) is 5.05. The number of H-pyrrole nitrogens is 1. The van der Waals surface area contributed by atoms with Gasteiger partial charge in [-0.25, -0.2) is 4.98 Å². The number of fused-ring (bicyclic) bond motifs is 4. The van der Waals surface area contributed by atoms with Crippen LogP contribution in [0.25, 0.3) is 32.8 Å². The van der Waals surface area contributed by atoms with Gasteiger partial charge >= 0.3 is 0 Å². The van der Waals surface area contributed by atoms with Crippen LogP contribution in [-0.4, -0.2) is 9.97 Å². The van der Waals surface area contributed by atoms with Crippen molar-refractivity contribution < 1.29 is 4.42 Å². The van der Waals surface area contributed by atoms with Crippen LogP contribution in [0, 0.1) is 0 Å². The number of aromatic amines is 1. The Morgan fingerprint density at radius 1 is 0.773 bits per heavy atom. The number of aromatic nitrogens is 2. The first-order chi connectivity index (χ1) is 10.9. The van der Waals surface area contributed by atoms with Gasteiger partial charge in [0, 0.05) is 17.1 Å². The molecule has 1 N–H and O–H groups in total. The van der Waals surface area contributed by atoms with E-state index in [1.807, 2.05) is 42.6 Å². The highest BCUT2D eigenvalue weighted by molar-refractivity contribution is 6.03. The summed E-state index contributed by atoms with van der Waals surface area (Å²) in [7, 11) is 0. The van der Waals surface area contributed by atoms with E-state index < -0.39 is 0 Å². The summed E-state index contributed by atoms with van der Waals surface area (Å²) in [5.74, 6) is 0. The Bertz CT molecular complexity index is 1010. The van der Waals surface area contributed by atoms with Crippen LogP contribution in [0.1, 0.15) is 0 Å². The first-order valence-corrected chi connectivity index (χ1v) is 7.15. The molecule has 0 spiro atoms. The Hall–Kier alpha value is -3.07. The molecule has 0 bridgehead atoms. The van der Waals surface area contributed by atoms with Crippen LogP contribution in [0.15, 0.2) is 83.7 Å².